The summed E-state index contributed by atoms with van der Waals surface area (Å²) < 4.78 is 12.1. The molecule has 172 valence electrons. The highest BCUT2D eigenvalue weighted by Gasteiger charge is 2.42. The van der Waals surface area contributed by atoms with E-state index in [4.69, 9.17) is 9.47 Å². The lowest BCUT2D eigenvalue weighted by atomic mass is 9.99. The number of fused-ring (bicyclic) bond motifs is 2. The number of hydrogen-bond donors (Lipinski definition) is 2. The fraction of sp³-hybridized carbons (Fsp3) is 0.167. The molecule has 5 rings (SSSR count). The van der Waals surface area contributed by atoms with Crippen LogP contribution in [0.25, 0.3) is 22.3 Å². The third-order valence-corrected chi connectivity index (χ3v) is 5.73. The van der Waals surface area contributed by atoms with Crippen LogP contribution in [0.4, 0.5) is 0 Å². The highest BCUT2D eigenvalue weighted by molar-refractivity contribution is 5.97. The van der Waals surface area contributed by atoms with Gasteiger partial charge in [0.05, 0.1) is 14.2 Å². The molecule has 34 heavy (non-hydrogen) atoms. The topological polar surface area (TPSA) is 129 Å². The van der Waals surface area contributed by atoms with Gasteiger partial charge in [0.15, 0.2) is 23.8 Å². The van der Waals surface area contributed by atoms with Crippen molar-refractivity contribution < 1.29 is 29.3 Å². The molecule has 0 saturated carbocycles. The van der Waals surface area contributed by atoms with Crippen LogP contribution >= 0.6 is 0 Å². The predicted octanol–water partition coefficient (Wildman–Crippen LogP) is 2.38. The summed E-state index contributed by atoms with van der Waals surface area (Å²) in [6, 6.07) is 17.7. The van der Waals surface area contributed by atoms with Crippen molar-refractivity contribution in [3.8, 4) is 22.3 Å². The van der Waals surface area contributed by atoms with Gasteiger partial charge in [0.2, 0.25) is 0 Å². The zero-order valence-electron chi connectivity index (χ0n) is 18.2. The highest BCUT2D eigenvalue weighted by Crippen LogP contribution is 2.43. The maximum Gasteiger partial charge on any atom is 0.359 e. The van der Waals surface area contributed by atoms with Crippen molar-refractivity contribution in [1.82, 2.24) is 19.6 Å². The second-order valence-electron chi connectivity index (χ2n) is 7.57. The fourth-order valence-electron chi connectivity index (χ4n) is 4.25. The number of carbonyl (C=O) groups is 2. The van der Waals surface area contributed by atoms with E-state index in [0.29, 0.717) is 22.3 Å². The summed E-state index contributed by atoms with van der Waals surface area (Å²) in [5.41, 5.74) is 1.88. The van der Waals surface area contributed by atoms with Crippen LogP contribution in [0, 0.1) is 0 Å². The second-order valence-corrected chi connectivity index (χ2v) is 7.57. The number of aliphatic hydroxyl groups is 2. The Labute approximate surface area is 193 Å². The number of methoxy groups -OCH3 is 2. The number of aliphatic hydroxyl groups excluding tert-OH is 2. The number of carbonyl (C=O) groups excluding carboxylic acids is 2. The number of benzene rings is 2. The summed E-state index contributed by atoms with van der Waals surface area (Å²) in [7, 11) is 2.45. The molecule has 0 spiro atoms. The average Bonchev–Trinajstić information content (AvgIpc) is 3.48. The Hall–Kier alpha value is -4.28. The van der Waals surface area contributed by atoms with E-state index in [0.717, 1.165) is 9.36 Å². The quantitative estimate of drug-likeness (QED) is 0.444. The van der Waals surface area contributed by atoms with E-state index < -0.39 is 24.4 Å². The fourth-order valence-corrected chi connectivity index (χ4v) is 4.25. The molecule has 1 aliphatic heterocycles. The normalized spacial score (nSPS) is 16.5. The molecule has 4 aromatic rings. The maximum absolute atomic E-state index is 12.6. The van der Waals surface area contributed by atoms with Crippen molar-refractivity contribution in [3.63, 3.8) is 0 Å². The van der Waals surface area contributed by atoms with E-state index in [2.05, 4.69) is 10.2 Å². The summed E-state index contributed by atoms with van der Waals surface area (Å²) in [5, 5.41) is 31.4. The van der Waals surface area contributed by atoms with Crippen molar-refractivity contribution in [2.24, 2.45) is 0 Å². The van der Waals surface area contributed by atoms with E-state index >= 15 is 0 Å². The predicted molar refractivity (Wildman–Crippen MR) is 119 cm³/mol. The summed E-state index contributed by atoms with van der Waals surface area (Å²) >= 11 is 0. The van der Waals surface area contributed by atoms with Gasteiger partial charge in [0.25, 0.3) is 0 Å². The van der Waals surface area contributed by atoms with Crippen molar-refractivity contribution in [2.45, 2.75) is 12.5 Å². The van der Waals surface area contributed by atoms with Crippen molar-refractivity contribution in [2.75, 3.05) is 14.2 Å². The van der Waals surface area contributed by atoms with Gasteiger partial charge in [-0.1, -0.05) is 60.7 Å². The monoisotopic (exact) mass is 460 g/mol. The molecule has 0 bridgehead atoms. The van der Waals surface area contributed by atoms with Crippen LogP contribution in [-0.4, -0.2) is 55.9 Å². The van der Waals surface area contributed by atoms with Gasteiger partial charge in [-0.3, -0.25) is 0 Å². The molecule has 0 aliphatic carbocycles. The zero-order valence-corrected chi connectivity index (χ0v) is 18.2. The molecule has 0 saturated heterocycles. The number of hydrogen-bond acceptors (Lipinski definition) is 8. The lowest BCUT2D eigenvalue weighted by Crippen LogP contribution is -2.30. The Morgan fingerprint density at radius 3 is 1.38 bits per heavy atom. The van der Waals surface area contributed by atoms with Crippen LogP contribution in [0.5, 0.6) is 0 Å². The first-order valence-electron chi connectivity index (χ1n) is 10.4. The van der Waals surface area contributed by atoms with Crippen molar-refractivity contribution in [1.29, 1.82) is 0 Å². The SMILES string of the molecule is COC(=O)c1nn2c(c1-c1ccccc1)C(O)n1nc(C(=O)OC)c(-c3ccccc3)c1C2O. The standard InChI is InChI=1S/C24H20N4O6/c1-33-23(31)17-15(13-9-5-3-6-10-13)19-21(29)28-20(22(30)27(19)25-17)16(14-11-7-4-8-12-14)18(26-28)24(32)34-2/h3-12,21-22,29-30H,1-2H3. The minimum absolute atomic E-state index is 0.0676. The van der Waals surface area contributed by atoms with Crippen LogP contribution in [-0.2, 0) is 9.47 Å². The largest absolute Gasteiger partial charge is 0.464 e. The van der Waals surface area contributed by atoms with Crippen molar-refractivity contribution >= 4 is 11.9 Å². The molecule has 2 N–H and O–H groups in total. The molecular weight excluding hydrogens is 440 g/mol. The Morgan fingerprint density at radius 2 is 1.06 bits per heavy atom. The molecule has 1 aliphatic rings. The third-order valence-electron chi connectivity index (χ3n) is 5.73. The Balaban J connectivity index is 1.80. The Morgan fingerprint density at radius 1 is 0.706 bits per heavy atom. The van der Waals surface area contributed by atoms with Gasteiger partial charge in [-0.05, 0) is 11.1 Å². The number of esters is 2. The average molecular weight is 460 g/mol. The van der Waals surface area contributed by atoms with E-state index in [9.17, 15) is 19.8 Å². The van der Waals surface area contributed by atoms with Gasteiger partial charge in [0.1, 0.15) is 11.4 Å². The van der Waals surface area contributed by atoms with Gasteiger partial charge >= 0.3 is 11.9 Å². The zero-order chi connectivity index (χ0) is 24.0. The molecule has 2 aromatic heterocycles. The summed E-state index contributed by atoms with van der Waals surface area (Å²) in [4.78, 5) is 25.2. The third kappa shape index (κ3) is 3.11. The number of ether oxygens (including phenoxy) is 2. The molecule has 3 heterocycles. The van der Waals surface area contributed by atoms with E-state index in [1.807, 2.05) is 12.1 Å². The molecule has 2 unspecified atom stereocenters. The molecule has 10 heteroatoms. The van der Waals surface area contributed by atoms with Gasteiger partial charge in [-0.2, -0.15) is 10.2 Å². The molecule has 0 amide bonds. The molecule has 2 atom stereocenters. The molecule has 0 radical (unpaired) electrons. The lowest BCUT2D eigenvalue weighted by Gasteiger charge is -2.27. The van der Waals surface area contributed by atoms with Crippen molar-refractivity contribution in [3.05, 3.63) is 83.4 Å². The van der Waals surface area contributed by atoms with Gasteiger partial charge in [0, 0.05) is 11.1 Å². The lowest BCUT2D eigenvalue weighted by molar-refractivity contribution is 0.0417. The number of nitrogens with zero attached hydrogens (tertiary/aromatic N) is 4. The summed E-state index contributed by atoms with van der Waals surface area (Å²) in [6.07, 6.45) is -2.94. The smallest absolute Gasteiger partial charge is 0.359 e. The summed E-state index contributed by atoms with van der Waals surface area (Å²) in [5.74, 6) is -1.45. The Bertz CT molecular complexity index is 1290. The first-order chi connectivity index (χ1) is 16.5. The molecule has 2 aromatic carbocycles. The summed E-state index contributed by atoms with van der Waals surface area (Å²) in [6.45, 7) is 0. The second kappa shape index (κ2) is 8.25. The highest BCUT2D eigenvalue weighted by atomic mass is 16.5. The first-order valence-corrected chi connectivity index (χ1v) is 10.4. The molecular formula is C24H20N4O6. The van der Waals surface area contributed by atoms with Crippen LogP contribution < -0.4 is 0 Å². The number of aromatic nitrogens is 4. The van der Waals surface area contributed by atoms with Gasteiger partial charge < -0.3 is 19.7 Å². The van der Waals surface area contributed by atoms with Crippen LogP contribution in [0.3, 0.4) is 0 Å². The van der Waals surface area contributed by atoms with E-state index in [1.165, 1.54) is 14.2 Å². The Kier molecular flexibility index (Phi) is 5.23. The minimum atomic E-state index is -1.47. The minimum Gasteiger partial charge on any atom is -0.464 e. The van der Waals surface area contributed by atoms with E-state index in [1.54, 1.807) is 48.5 Å². The van der Waals surface area contributed by atoms with Gasteiger partial charge in [-0.25, -0.2) is 19.0 Å². The van der Waals surface area contributed by atoms with E-state index in [-0.39, 0.29) is 22.8 Å². The number of rotatable bonds is 4. The maximum atomic E-state index is 12.6. The van der Waals surface area contributed by atoms with Crippen LogP contribution in [0.2, 0.25) is 0 Å². The van der Waals surface area contributed by atoms with Crippen LogP contribution in [0.15, 0.2) is 60.7 Å². The first kappa shape index (κ1) is 21.6. The molecule has 10 nitrogen and oxygen atoms in total. The van der Waals surface area contributed by atoms with Crippen LogP contribution in [0.1, 0.15) is 44.8 Å². The molecule has 0 fully saturated rings. The van der Waals surface area contributed by atoms with Gasteiger partial charge in [-0.15, -0.1) is 0 Å².